The number of urea groups is 1. The molecular formula is C12H17N3O4. The first-order chi connectivity index (χ1) is 9.02. The number of methoxy groups -OCH3 is 1. The van der Waals surface area contributed by atoms with Crippen molar-refractivity contribution in [2.75, 3.05) is 26.0 Å². The first kappa shape index (κ1) is 14.7. The fraction of sp³-hybridized carbons (Fsp3) is 0.417. The zero-order valence-corrected chi connectivity index (χ0v) is 10.9. The number of hydrogen-bond acceptors (Lipinski definition) is 4. The highest BCUT2D eigenvalue weighted by molar-refractivity contribution is 5.88. The Kier molecular flexibility index (Phi) is 5.59. The van der Waals surface area contributed by atoms with Gasteiger partial charge in [-0.15, -0.1) is 0 Å². The standard InChI is InChI=1S/C12H17N3O4/c1-15(7-3-4-11(16)17)12(18)14-9-5-6-10(19-2)13-8-9/h5-6,8H,3-4,7H2,1-2H3,(H,14,18)(H,16,17). The van der Waals surface area contributed by atoms with Crippen LogP contribution in [0.15, 0.2) is 18.3 Å². The van der Waals surface area contributed by atoms with Crippen molar-refractivity contribution >= 4 is 17.7 Å². The molecule has 0 atom stereocenters. The molecule has 0 saturated carbocycles. The Morgan fingerprint density at radius 2 is 2.21 bits per heavy atom. The van der Waals surface area contributed by atoms with Gasteiger partial charge in [-0.2, -0.15) is 0 Å². The lowest BCUT2D eigenvalue weighted by Gasteiger charge is -2.17. The van der Waals surface area contributed by atoms with Gasteiger partial charge in [-0.3, -0.25) is 4.79 Å². The van der Waals surface area contributed by atoms with E-state index in [1.807, 2.05) is 0 Å². The highest BCUT2D eigenvalue weighted by Crippen LogP contribution is 2.11. The molecule has 0 unspecified atom stereocenters. The van der Waals surface area contributed by atoms with Crippen LogP contribution >= 0.6 is 0 Å². The van der Waals surface area contributed by atoms with E-state index >= 15 is 0 Å². The maximum absolute atomic E-state index is 11.8. The van der Waals surface area contributed by atoms with E-state index in [-0.39, 0.29) is 12.5 Å². The molecule has 0 saturated heterocycles. The maximum Gasteiger partial charge on any atom is 0.321 e. The van der Waals surface area contributed by atoms with Gasteiger partial charge in [-0.1, -0.05) is 0 Å². The third-order valence-electron chi connectivity index (χ3n) is 2.43. The van der Waals surface area contributed by atoms with E-state index in [0.717, 1.165) is 0 Å². The summed E-state index contributed by atoms with van der Waals surface area (Å²) in [7, 11) is 3.12. The molecule has 7 heteroatoms. The molecular weight excluding hydrogens is 250 g/mol. The fourth-order valence-corrected chi connectivity index (χ4v) is 1.36. The molecule has 0 spiro atoms. The predicted octanol–water partition coefficient (Wildman–Crippen LogP) is 1.42. The van der Waals surface area contributed by atoms with Crippen molar-refractivity contribution in [2.45, 2.75) is 12.8 Å². The van der Waals surface area contributed by atoms with E-state index in [1.165, 1.54) is 18.2 Å². The number of nitrogens with zero attached hydrogens (tertiary/aromatic N) is 2. The van der Waals surface area contributed by atoms with Crippen LogP contribution in [0.5, 0.6) is 5.88 Å². The first-order valence-corrected chi connectivity index (χ1v) is 5.77. The second kappa shape index (κ2) is 7.20. The molecule has 0 aliphatic heterocycles. The molecule has 1 rings (SSSR count). The van der Waals surface area contributed by atoms with Gasteiger partial charge in [0.25, 0.3) is 0 Å². The molecule has 2 amide bonds. The van der Waals surface area contributed by atoms with Gasteiger partial charge in [0.05, 0.1) is 19.0 Å². The van der Waals surface area contributed by atoms with Crippen molar-refractivity contribution in [3.8, 4) is 5.88 Å². The summed E-state index contributed by atoms with van der Waals surface area (Å²) >= 11 is 0. The highest BCUT2D eigenvalue weighted by atomic mass is 16.5. The summed E-state index contributed by atoms with van der Waals surface area (Å²) in [6.07, 6.45) is 1.95. The minimum atomic E-state index is -0.867. The third-order valence-corrected chi connectivity index (χ3v) is 2.43. The van der Waals surface area contributed by atoms with Gasteiger partial charge < -0.3 is 20.1 Å². The lowest BCUT2D eigenvalue weighted by Crippen LogP contribution is -2.32. The molecule has 0 aromatic carbocycles. The summed E-state index contributed by atoms with van der Waals surface area (Å²) in [6.45, 7) is 0.377. The molecule has 0 aliphatic rings. The second-order valence-electron chi connectivity index (χ2n) is 3.94. The van der Waals surface area contributed by atoms with Crippen LogP contribution in [-0.4, -0.2) is 47.7 Å². The van der Waals surface area contributed by atoms with Gasteiger partial charge in [0, 0.05) is 26.1 Å². The molecule has 0 radical (unpaired) electrons. The number of ether oxygens (including phenoxy) is 1. The molecule has 1 aromatic rings. The average Bonchev–Trinajstić information content (AvgIpc) is 2.39. The van der Waals surface area contributed by atoms with E-state index in [0.29, 0.717) is 24.5 Å². The van der Waals surface area contributed by atoms with Crippen LogP contribution in [0.3, 0.4) is 0 Å². The number of hydrogen-bond donors (Lipinski definition) is 2. The molecule has 0 aliphatic carbocycles. The zero-order valence-electron chi connectivity index (χ0n) is 10.9. The van der Waals surface area contributed by atoms with Crippen LogP contribution in [0, 0.1) is 0 Å². The number of aromatic nitrogens is 1. The molecule has 1 heterocycles. The Bertz CT molecular complexity index is 433. The quantitative estimate of drug-likeness (QED) is 0.813. The predicted molar refractivity (Wildman–Crippen MR) is 69.3 cm³/mol. The molecule has 1 aromatic heterocycles. The Balaban J connectivity index is 2.42. The van der Waals surface area contributed by atoms with Crippen LogP contribution in [0.2, 0.25) is 0 Å². The number of carbonyl (C=O) groups excluding carboxylic acids is 1. The van der Waals surface area contributed by atoms with E-state index in [4.69, 9.17) is 9.84 Å². The van der Waals surface area contributed by atoms with Gasteiger partial charge in [-0.25, -0.2) is 9.78 Å². The van der Waals surface area contributed by atoms with Gasteiger partial charge in [0.15, 0.2) is 0 Å². The van der Waals surface area contributed by atoms with E-state index in [9.17, 15) is 9.59 Å². The Labute approximate surface area is 111 Å². The van der Waals surface area contributed by atoms with Crippen molar-refractivity contribution in [1.82, 2.24) is 9.88 Å². The molecule has 0 bridgehead atoms. The summed E-state index contributed by atoms with van der Waals surface area (Å²) in [4.78, 5) is 27.5. The molecule has 104 valence electrons. The molecule has 0 fully saturated rings. The minimum absolute atomic E-state index is 0.0434. The van der Waals surface area contributed by atoms with Crippen LogP contribution in [0.4, 0.5) is 10.5 Å². The lowest BCUT2D eigenvalue weighted by atomic mass is 10.3. The lowest BCUT2D eigenvalue weighted by molar-refractivity contribution is -0.137. The number of anilines is 1. The summed E-state index contributed by atoms with van der Waals surface area (Å²) in [5.74, 6) is -0.402. The summed E-state index contributed by atoms with van der Waals surface area (Å²) in [5.41, 5.74) is 0.552. The van der Waals surface area contributed by atoms with Crippen LogP contribution in [0.25, 0.3) is 0 Å². The van der Waals surface area contributed by atoms with Crippen LogP contribution in [0.1, 0.15) is 12.8 Å². The SMILES string of the molecule is COc1ccc(NC(=O)N(C)CCCC(=O)O)cn1. The molecule has 2 N–H and O–H groups in total. The zero-order chi connectivity index (χ0) is 14.3. The number of carboxylic acid groups (broad SMARTS) is 1. The number of rotatable bonds is 6. The summed E-state index contributed by atoms with van der Waals surface area (Å²) < 4.78 is 4.91. The number of aliphatic carboxylic acids is 1. The van der Waals surface area contributed by atoms with Crippen LogP contribution < -0.4 is 10.1 Å². The summed E-state index contributed by atoms with van der Waals surface area (Å²) in [6, 6.07) is 3.01. The van der Waals surface area contributed by atoms with Crippen molar-refractivity contribution < 1.29 is 19.4 Å². The van der Waals surface area contributed by atoms with Crippen molar-refractivity contribution in [1.29, 1.82) is 0 Å². The maximum atomic E-state index is 11.8. The molecule has 19 heavy (non-hydrogen) atoms. The highest BCUT2D eigenvalue weighted by Gasteiger charge is 2.09. The van der Waals surface area contributed by atoms with Gasteiger partial charge in [0.2, 0.25) is 5.88 Å². The van der Waals surface area contributed by atoms with E-state index < -0.39 is 5.97 Å². The smallest absolute Gasteiger partial charge is 0.321 e. The summed E-state index contributed by atoms with van der Waals surface area (Å²) in [5, 5.41) is 11.2. The minimum Gasteiger partial charge on any atom is -0.481 e. The monoisotopic (exact) mass is 267 g/mol. The molecule has 7 nitrogen and oxygen atoms in total. The van der Waals surface area contributed by atoms with Crippen molar-refractivity contribution in [3.63, 3.8) is 0 Å². The first-order valence-electron chi connectivity index (χ1n) is 5.77. The fourth-order valence-electron chi connectivity index (χ4n) is 1.36. The Morgan fingerprint density at radius 3 is 2.74 bits per heavy atom. The van der Waals surface area contributed by atoms with Crippen molar-refractivity contribution in [2.24, 2.45) is 0 Å². The topological polar surface area (TPSA) is 91.8 Å². The Morgan fingerprint density at radius 1 is 1.47 bits per heavy atom. The van der Waals surface area contributed by atoms with Gasteiger partial charge in [-0.05, 0) is 12.5 Å². The number of nitrogens with one attached hydrogen (secondary N) is 1. The van der Waals surface area contributed by atoms with Gasteiger partial charge in [0.1, 0.15) is 0 Å². The Hall–Kier alpha value is -2.31. The number of amides is 2. The average molecular weight is 267 g/mol. The third kappa shape index (κ3) is 5.24. The van der Waals surface area contributed by atoms with Gasteiger partial charge >= 0.3 is 12.0 Å². The normalized spacial score (nSPS) is 9.79. The number of carbonyl (C=O) groups is 2. The number of carboxylic acids is 1. The van der Waals surface area contributed by atoms with E-state index in [2.05, 4.69) is 10.3 Å². The van der Waals surface area contributed by atoms with E-state index in [1.54, 1.807) is 19.2 Å². The van der Waals surface area contributed by atoms with Crippen LogP contribution in [-0.2, 0) is 4.79 Å². The second-order valence-corrected chi connectivity index (χ2v) is 3.94. The van der Waals surface area contributed by atoms with Crippen molar-refractivity contribution in [3.05, 3.63) is 18.3 Å². The largest absolute Gasteiger partial charge is 0.481 e. The number of pyridine rings is 1.